The van der Waals surface area contributed by atoms with E-state index in [-0.39, 0.29) is 29.9 Å². The number of likely N-dealkylation sites (N-methyl/N-ethyl adjacent to an activating group) is 1. The average Bonchev–Trinajstić information content (AvgIpc) is 2.87. The first kappa shape index (κ1) is 25.4. The molecule has 36 heavy (non-hydrogen) atoms. The van der Waals surface area contributed by atoms with E-state index in [1.165, 1.54) is 5.56 Å². The Balaban J connectivity index is 1.66. The standard InChI is InChI=1S/C29H34N4O3/c1-20(2)33-17-21(3)26(19-32(4)18-22-9-6-5-7-10-22)36-27-24(29(33)35)11-8-12-25(27)31-28(34)23-13-15-30-16-14-23/h5-16,20-21,26H,17-19H2,1-4H3,(H,31,34)/t21-,26+/m0/s1. The maximum absolute atomic E-state index is 13.6. The van der Waals surface area contributed by atoms with Crippen LogP contribution in [0.5, 0.6) is 5.75 Å². The van der Waals surface area contributed by atoms with Gasteiger partial charge < -0.3 is 15.0 Å². The number of ether oxygens (including phenoxy) is 1. The topological polar surface area (TPSA) is 74.8 Å². The van der Waals surface area contributed by atoms with Gasteiger partial charge in [-0.3, -0.25) is 19.5 Å². The van der Waals surface area contributed by atoms with Crippen LogP contribution >= 0.6 is 0 Å². The van der Waals surface area contributed by atoms with Gasteiger partial charge in [-0.05, 0) is 50.7 Å². The average molecular weight is 487 g/mol. The Kier molecular flexibility index (Phi) is 8.00. The van der Waals surface area contributed by atoms with Gasteiger partial charge in [-0.1, -0.05) is 43.3 Å². The fourth-order valence-electron chi connectivity index (χ4n) is 4.49. The zero-order valence-corrected chi connectivity index (χ0v) is 21.3. The molecule has 0 saturated heterocycles. The lowest BCUT2D eigenvalue weighted by Crippen LogP contribution is -2.48. The van der Waals surface area contributed by atoms with Crippen molar-refractivity contribution in [3.8, 4) is 5.75 Å². The van der Waals surface area contributed by atoms with Crippen LogP contribution in [0.15, 0.2) is 73.1 Å². The van der Waals surface area contributed by atoms with E-state index in [0.717, 1.165) is 6.54 Å². The molecule has 7 nitrogen and oxygen atoms in total. The zero-order valence-electron chi connectivity index (χ0n) is 21.3. The van der Waals surface area contributed by atoms with Gasteiger partial charge in [0.25, 0.3) is 11.8 Å². The molecule has 2 heterocycles. The molecule has 1 aromatic heterocycles. The number of hydrogen-bond acceptors (Lipinski definition) is 5. The Morgan fingerprint density at radius 1 is 1.11 bits per heavy atom. The largest absolute Gasteiger partial charge is 0.486 e. The van der Waals surface area contributed by atoms with Gasteiger partial charge in [-0.15, -0.1) is 0 Å². The number of amides is 2. The van der Waals surface area contributed by atoms with Gasteiger partial charge in [-0.2, -0.15) is 0 Å². The van der Waals surface area contributed by atoms with Crippen molar-refractivity contribution in [2.75, 3.05) is 25.5 Å². The van der Waals surface area contributed by atoms with Crippen molar-refractivity contribution < 1.29 is 14.3 Å². The number of pyridine rings is 1. The smallest absolute Gasteiger partial charge is 0.257 e. The van der Waals surface area contributed by atoms with Crippen molar-refractivity contribution >= 4 is 17.5 Å². The maximum Gasteiger partial charge on any atom is 0.257 e. The molecule has 0 spiro atoms. The number of para-hydroxylation sites is 1. The molecule has 1 N–H and O–H groups in total. The Morgan fingerprint density at radius 3 is 2.53 bits per heavy atom. The monoisotopic (exact) mass is 486 g/mol. The van der Waals surface area contributed by atoms with Crippen LogP contribution in [0, 0.1) is 5.92 Å². The van der Waals surface area contributed by atoms with Crippen molar-refractivity contribution in [2.24, 2.45) is 5.92 Å². The number of benzene rings is 2. The second-order valence-electron chi connectivity index (χ2n) is 9.74. The highest BCUT2D eigenvalue weighted by Gasteiger charge is 2.33. The van der Waals surface area contributed by atoms with Gasteiger partial charge in [0.15, 0.2) is 5.75 Å². The van der Waals surface area contributed by atoms with E-state index in [9.17, 15) is 9.59 Å². The number of carbonyl (C=O) groups excluding carboxylic acids is 2. The second-order valence-corrected chi connectivity index (χ2v) is 9.74. The summed E-state index contributed by atoms with van der Waals surface area (Å²) in [6, 6.07) is 19.0. The molecule has 0 radical (unpaired) electrons. The summed E-state index contributed by atoms with van der Waals surface area (Å²) in [5.41, 5.74) is 2.65. The highest BCUT2D eigenvalue weighted by molar-refractivity contribution is 6.07. The van der Waals surface area contributed by atoms with Crippen LogP contribution in [-0.4, -0.2) is 58.9 Å². The summed E-state index contributed by atoms with van der Waals surface area (Å²) in [5, 5.41) is 2.95. The molecule has 2 amide bonds. The van der Waals surface area contributed by atoms with Gasteiger partial charge in [0.2, 0.25) is 0 Å². The third-order valence-electron chi connectivity index (χ3n) is 6.50. The minimum absolute atomic E-state index is 0.0312. The highest BCUT2D eigenvalue weighted by atomic mass is 16.5. The van der Waals surface area contributed by atoms with Crippen LogP contribution in [0.3, 0.4) is 0 Å². The molecule has 4 rings (SSSR count). The molecule has 0 aliphatic carbocycles. The predicted octanol–water partition coefficient (Wildman–Crippen LogP) is 4.71. The molecule has 7 heteroatoms. The molecule has 0 bridgehead atoms. The van der Waals surface area contributed by atoms with Crippen LogP contribution in [-0.2, 0) is 6.54 Å². The minimum Gasteiger partial charge on any atom is -0.486 e. The number of nitrogens with one attached hydrogen (secondary N) is 1. The van der Waals surface area contributed by atoms with Crippen LogP contribution in [0.25, 0.3) is 0 Å². The van der Waals surface area contributed by atoms with E-state index in [1.807, 2.05) is 36.9 Å². The Bertz CT molecular complexity index is 1180. The molecule has 188 valence electrons. The summed E-state index contributed by atoms with van der Waals surface area (Å²) in [6.07, 6.45) is 2.96. The zero-order chi connectivity index (χ0) is 25.7. The lowest BCUT2D eigenvalue weighted by molar-refractivity contribution is 0.0433. The third-order valence-corrected chi connectivity index (χ3v) is 6.50. The molecular formula is C29H34N4O3. The van der Waals surface area contributed by atoms with E-state index in [2.05, 4.69) is 41.3 Å². The number of fused-ring (bicyclic) bond motifs is 1. The Morgan fingerprint density at radius 2 is 1.83 bits per heavy atom. The first-order valence-electron chi connectivity index (χ1n) is 12.4. The summed E-state index contributed by atoms with van der Waals surface area (Å²) in [5.74, 6) is 0.116. The van der Waals surface area contributed by atoms with Gasteiger partial charge in [0.1, 0.15) is 6.10 Å². The minimum atomic E-state index is -0.282. The molecular weight excluding hydrogens is 452 g/mol. The van der Waals surface area contributed by atoms with Gasteiger partial charge in [0, 0.05) is 49.6 Å². The molecule has 0 saturated carbocycles. The fraction of sp³-hybridized carbons (Fsp3) is 0.345. The summed E-state index contributed by atoms with van der Waals surface area (Å²) in [6.45, 7) is 8.22. The van der Waals surface area contributed by atoms with Crippen LogP contribution in [0.1, 0.15) is 47.1 Å². The first-order chi connectivity index (χ1) is 17.3. The maximum atomic E-state index is 13.6. The van der Waals surface area contributed by atoms with Crippen molar-refractivity contribution in [1.82, 2.24) is 14.8 Å². The first-order valence-corrected chi connectivity index (χ1v) is 12.4. The fourth-order valence-corrected chi connectivity index (χ4v) is 4.49. The Hall–Kier alpha value is -3.71. The molecule has 0 unspecified atom stereocenters. The van der Waals surface area contributed by atoms with Crippen molar-refractivity contribution in [3.05, 3.63) is 89.7 Å². The van der Waals surface area contributed by atoms with E-state index < -0.39 is 0 Å². The van der Waals surface area contributed by atoms with Gasteiger partial charge >= 0.3 is 0 Å². The molecule has 2 aromatic carbocycles. The summed E-state index contributed by atoms with van der Waals surface area (Å²) in [7, 11) is 2.07. The number of hydrogen-bond donors (Lipinski definition) is 1. The van der Waals surface area contributed by atoms with Crippen molar-refractivity contribution in [1.29, 1.82) is 0 Å². The molecule has 1 aliphatic heterocycles. The molecule has 2 atom stereocenters. The van der Waals surface area contributed by atoms with E-state index in [1.54, 1.807) is 42.7 Å². The van der Waals surface area contributed by atoms with Crippen LogP contribution < -0.4 is 10.1 Å². The van der Waals surface area contributed by atoms with Crippen molar-refractivity contribution in [2.45, 2.75) is 39.5 Å². The van der Waals surface area contributed by atoms with E-state index in [0.29, 0.717) is 35.7 Å². The van der Waals surface area contributed by atoms with Crippen LogP contribution in [0.4, 0.5) is 5.69 Å². The number of anilines is 1. The molecule has 0 fully saturated rings. The van der Waals surface area contributed by atoms with Crippen molar-refractivity contribution in [3.63, 3.8) is 0 Å². The number of aromatic nitrogens is 1. The van der Waals surface area contributed by atoms with Gasteiger partial charge in [0.05, 0.1) is 11.3 Å². The van der Waals surface area contributed by atoms with Crippen LogP contribution in [0.2, 0.25) is 0 Å². The predicted molar refractivity (Wildman–Crippen MR) is 141 cm³/mol. The Labute approximate surface area is 213 Å². The summed E-state index contributed by atoms with van der Waals surface area (Å²) >= 11 is 0. The SMILES string of the molecule is CC(C)N1C[C@H](C)[C@@H](CN(C)Cc2ccccc2)Oc2c(NC(=O)c3ccncc3)cccc2C1=O. The normalized spacial score (nSPS) is 17.8. The quantitative estimate of drug-likeness (QED) is 0.523. The third kappa shape index (κ3) is 5.91. The van der Waals surface area contributed by atoms with E-state index in [4.69, 9.17) is 4.74 Å². The highest BCUT2D eigenvalue weighted by Crippen LogP contribution is 2.35. The number of carbonyl (C=O) groups is 2. The molecule has 3 aromatic rings. The second kappa shape index (κ2) is 11.4. The lowest BCUT2D eigenvalue weighted by Gasteiger charge is -2.38. The van der Waals surface area contributed by atoms with Gasteiger partial charge in [-0.25, -0.2) is 0 Å². The summed E-state index contributed by atoms with van der Waals surface area (Å²) < 4.78 is 6.61. The molecule has 1 aliphatic rings. The lowest BCUT2D eigenvalue weighted by atomic mass is 9.99. The number of rotatable bonds is 7. The van der Waals surface area contributed by atoms with E-state index >= 15 is 0 Å². The summed E-state index contributed by atoms with van der Waals surface area (Å²) in [4.78, 5) is 34.6. The number of nitrogens with zero attached hydrogens (tertiary/aromatic N) is 3.